The van der Waals surface area contributed by atoms with Crippen LogP contribution in [0.2, 0.25) is 0 Å². The quantitative estimate of drug-likeness (QED) is 0.387. The van der Waals surface area contributed by atoms with Crippen LogP contribution in [0.1, 0.15) is 35.8 Å². The molecule has 0 atom stereocenters. The van der Waals surface area contributed by atoms with Gasteiger partial charge in [0.15, 0.2) is 6.61 Å². The van der Waals surface area contributed by atoms with Gasteiger partial charge in [0.05, 0.1) is 10.9 Å². The summed E-state index contributed by atoms with van der Waals surface area (Å²) in [4.78, 5) is 20.8. The van der Waals surface area contributed by atoms with Crippen molar-refractivity contribution in [3.05, 3.63) is 72.2 Å². The van der Waals surface area contributed by atoms with Gasteiger partial charge in [0.25, 0.3) is 0 Å². The standard InChI is InChI=1S/C24H21F3N4O2/c1-14(2)31-11-18(21-22(28)29-13-30-23(21)31)15-7-9-16(10-8-15)33-12-20(32)17-5-3-4-6-19(17)24(25,26)27/h3-11,13-14H,12H2,1-2H3,(H2,28,29,30). The monoisotopic (exact) mass is 454 g/mol. The van der Waals surface area contributed by atoms with Crippen LogP contribution in [0.15, 0.2) is 61.1 Å². The fourth-order valence-corrected chi connectivity index (χ4v) is 3.65. The number of nitrogen functional groups attached to an aromatic ring is 1. The molecule has 2 aromatic carbocycles. The molecule has 2 heterocycles. The summed E-state index contributed by atoms with van der Waals surface area (Å²) in [5.41, 5.74) is 7.12. The Bertz CT molecular complexity index is 1310. The number of hydrogen-bond donors (Lipinski definition) is 1. The van der Waals surface area contributed by atoms with Crippen molar-refractivity contribution in [3.8, 4) is 16.9 Å². The number of carbonyl (C=O) groups excluding carboxylic acids is 1. The molecule has 2 N–H and O–H groups in total. The van der Waals surface area contributed by atoms with Gasteiger partial charge in [0, 0.05) is 23.4 Å². The number of rotatable bonds is 6. The molecule has 4 rings (SSSR count). The van der Waals surface area contributed by atoms with Crippen molar-refractivity contribution in [3.63, 3.8) is 0 Å². The molecule has 0 radical (unpaired) electrons. The first-order valence-electron chi connectivity index (χ1n) is 10.2. The number of hydrogen-bond acceptors (Lipinski definition) is 5. The number of fused-ring (bicyclic) bond motifs is 1. The van der Waals surface area contributed by atoms with Crippen LogP contribution >= 0.6 is 0 Å². The van der Waals surface area contributed by atoms with Crippen LogP contribution in [0.3, 0.4) is 0 Å². The summed E-state index contributed by atoms with van der Waals surface area (Å²) in [6.45, 7) is 3.55. The van der Waals surface area contributed by atoms with E-state index in [0.29, 0.717) is 11.6 Å². The molecule has 0 unspecified atom stereocenters. The summed E-state index contributed by atoms with van der Waals surface area (Å²) in [6.07, 6.45) is -1.24. The smallest absolute Gasteiger partial charge is 0.417 e. The molecule has 0 spiro atoms. The second-order valence-electron chi connectivity index (χ2n) is 7.78. The maximum atomic E-state index is 13.2. The molecule has 0 aliphatic heterocycles. The summed E-state index contributed by atoms with van der Waals surface area (Å²) in [7, 11) is 0. The highest BCUT2D eigenvalue weighted by Crippen LogP contribution is 2.35. The highest BCUT2D eigenvalue weighted by molar-refractivity contribution is 6.01. The Hall–Kier alpha value is -3.88. The van der Waals surface area contributed by atoms with E-state index in [9.17, 15) is 18.0 Å². The highest BCUT2D eigenvalue weighted by Gasteiger charge is 2.34. The first kappa shape index (κ1) is 22.3. The SMILES string of the molecule is CC(C)n1cc(-c2ccc(OCC(=O)c3ccccc3C(F)(F)F)cc2)c2c(N)ncnc21. The van der Waals surface area contributed by atoms with E-state index in [-0.39, 0.29) is 6.04 Å². The van der Waals surface area contributed by atoms with Gasteiger partial charge < -0.3 is 15.0 Å². The van der Waals surface area contributed by atoms with Crippen LogP contribution in [0.25, 0.3) is 22.2 Å². The molecule has 33 heavy (non-hydrogen) atoms. The van der Waals surface area contributed by atoms with Gasteiger partial charge in [-0.05, 0) is 37.6 Å². The summed E-state index contributed by atoms with van der Waals surface area (Å²) in [6, 6.07) is 11.7. The van der Waals surface area contributed by atoms with Crippen LogP contribution in [0.5, 0.6) is 5.75 Å². The van der Waals surface area contributed by atoms with E-state index >= 15 is 0 Å². The zero-order chi connectivity index (χ0) is 23.8. The summed E-state index contributed by atoms with van der Waals surface area (Å²) in [5, 5.41) is 0.735. The Morgan fingerprint density at radius 1 is 1.09 bits per heavy atom. The Morgan fingerprint density at radius 3 is 2.45 bits per heavy atom. The predicted molar refractivity (Wildman–Crippen MR) is 119 cm³/mol. The second-order valence-corrected chi connectivity index (χ2v) is 7.78. The zero-order valence-corrected chi connectivity index (χ0v) is 17.9. The van der Waals surface area contributed by atoms with Crippen molar-refractivity contribution < 1.29 is 22.7 Å². The van der Waals surface area contributed by atoms with Gasteiger partial charge in [-0.3, -0.25) is 4.79 Å². The van der Waals surface area contributed by atoms with Gasteiger partial charge in [0.1, 0.15) is 23.5 Å². The van der Waals surface area contributed by atoms with Gasteiger partial charge in [-0.1, -0.05) is 30.3 Å². The number of ketones is 1. The minimum Gasteiger partial charge on any atom is -0.485 e. The Labute approximate surface area is 187 Å². The molecule has 0 aliphatic carbocycles. The molecule has 0 aliphatic rings. The maximum absolute atomic E-state index is 13.2. The van der Waals surface area contributed by atoms with Crippen molar-refractivity contribution in [1.29, 1.82) is 0 Å². The van der Waals surface area contributed by atoms with Gasteiger partial charge in [0.2, 0.25) is 5.78 Å². The van der Waals surface area contributed by atoms with Crippen molar-refractivity contribution in [2.24, 2.45) is 0 Å². The van der Waals surface area contributed by atoms with Crippen LogP contribution in [-0.4, -0.2) is 26.9 Å². The van der Waals surface area contributed by atoms with Gasteiger partial charge >= 0.3 is 6.18 Å². The predicted octanol–water partition coefficient (Wildman–Crippen LogP) is 5.54. The number of nitrogens with zero attached hydrogens (tertiary/aromatic N) is 3. The van der Waals surface area contributed by atoms with Crippen LogP contribution in [-0.2, 0) is 6.18 Å². The average molecular weight is 454 g/mol. The van der Waals surface area contributed by atoms with E-state index in [4.69, 9.17) is 10.5 Å². The Morgan fingerprint density at radius 2 is 1.79 bits per heavy atom. The van der Waals surface area contributed by atoms with E-state index in [1.54, 1.807) is 24.3 Å². The fourth-order valence-electron chi connectivity index (χ4n) is 3.65. The third kappa shape index (κ3) is 4.39. The van der Waals surface area contributed by atoms with Crippen molar-refractivity contribution in [2.75, 3.05) is 12.3 Å². The number of carbonyl (C=O) groups is 1. The topological polar surface area (TPSA) is 83.0 Å². The Kier molecular flexibility index (Phi) is 5.80. The van der Waals surface area contributed by atoms with E-state index in [2.05, 4.69) is 9.97 Å². The first-order valence-corrected chi connectivity index (χ1v) is 10.2. The van der Waals surface area contributed by atoms with E-state index in [1.807, 2.05) is 24.6 Å². The largest absolute Gasteiger partial charge is 0.485 e. The van der Waals surface area contributed by atoms with Crippen LogP contribution < -0.4 is 10.5 Å². The van der Waals surface area contributed by atoms with Crippen LogP contribution in [0.4, 0.5) is 19.0 Å². The number of ether oxygens (including phenoxy) is 1. The molecule has 4 aromatic rings. The summed E-state index contributed by atoms with van der Waals surface area (Å²) < 4.78 is 46.9. The third-order valence-corrected chi connectivity index (χ3v) is 5.26. The minimum atomic E-state index is -4.62. The van der Waals surface area contributed by atoms with Gasteiger partial charge in [-0.15, -0.1) is 0 Å². The molecular formula is C24H21F3N4O2. The molecule has 170 valence electrons. The molecule has 0 bridgehead atoms. The van der Waals surface area contributed by atoms with E-state index in [0.717, 1.165) is 34.3 Å². The molecule has 9 heteroatoms. The van der Waals surface area contributed by atoms with E-state index in [1.165, 1.54) is 18.5 Å². The normalized spacial score (nSPS) is 11.8. The number of benzene rings is 2. The van der Waals surface area contributed by atoms with Crippen molar-refractivity contribution in [2.45, 2.75) is 26.1 Å². The lowest BCUT2D eigenvalue weighted by atomic mass is 10.0. The highest BCUT2D eigenvalue weighted by atomic mass is 19.4. The summed E-state index contributed by atoms with van der Waals surface area (Å²) >= 11 is 0. The lowest BCUT2D eigenvalue weighted by Crippen LogP contribution is -2.17. The Balaban J connectivity index is 1.56. The lowest BCUT2D eigenvalue weighted by molar-refractivity contribution is -0.137. The molecule has 6 nitrogen and oxygen atoms in total. The number of anilines is 1. The molecule has 0 saturated carbocycles. The van der Waals surface area contributed by atoms with Crippen molar-refractivity contribution in [1.82, 2.24) is 14.5 Å². The van der Waals surface area contributed by atoms with Gasteiger partial charge in [-0.25, -0.2) is 9.97 Å². The molecule has 2 aromatic heterocycles. The molecule has 0 fully saturated rings. The minimum absolute atomic E-state index is 0.156. The number of aromatic nitrogens is 3. The van der Waals surface area contributed by atoms with E-state index < -0.39 is 29.7 Å². The third-order valence-electron chi connectivity index (χ3n) is 5.26. The molecule has 0 saturated heterocycles. The number of alkyl halides is 3. The maximum Gasteiger partial charge on any atom is 0.417 e. The number of Topliss-reactive ketones (excluding diaryl/α,β-unsaturated/α-hetero) is 1. The van der Waals surface area contributed by atoms with Crippen molar-refractivity contribution >= 4 is 22.6 Å². The number of halogens is 3. The number of nitrogens with two attached hydrogens (primary N) is 1. The molecular weight excluding hydrogens is 433 g/mol. The zero-order valence-electron chi connectivity index (χ0n) is 17.9. The summed E-state index contributed by atoms with van der Waals surface area (Å²) in [5.74, 6) is -0.0333. The first-order chi connectivity index (χ1) is 15.7. The average Bonchev–Trinajstić information content (AvgIpc) is 3.19. The second kappa shape index (κ2) is 8.57. The lowest BCUT2D eigenvalue weighted by Gasteiger charge is -2.12. The molecule has 0 amide bonds. The van der Waals surface area contributed by atoms with Crippen LogP contribution in [0, 0.1) is 0 Å². The fraction of sp³-hybridized carbons (Fsp3) is 0.208. The van der Waals surface area contributed by atoms with Gasteiger partial charge in [-0.2, -0.15) is 13.2 Å².